The molecule has 68 valence electrons. The summed E-state index contributed by atoms with van der Waals surface area (Å²) in [7, 11) is 0. The molecule has 0 aromatic carbocycles. The number of hydrogen-bond acceptors (Lipinski definition) is 3. The highest BCUT2D eigenvalue weighted by Gasteiger charge is 2.12. The van der Waals surface area contributed by atoms with E-state index in [9.17, 15) is 9.59 Å². The van der Waals surface area contributed by atoms with Gasteiger partial charge in [-0.15, -0.1) is 0 Å². The van der Waals surface area contributed by atoms with E-state index in [1.165, 1.54) is 6.07 Å². The molecule has 0 saturated carbocycles. The van der Waals surface area contributed by atoms with Crippen LogP contribution in [0.25, 0.3) is 0 Å². The maximum Gasteiger partial charge on any atom is 0.356 e. The van der Waals surface area contributed by atoms with Gasteiger partial charge in [-0.05, 0) is 6.07 Å². The van der Waals surface area contributed by atoms with Crippen LogP contribution in [0.1, 0.15) is 20.8 Å². The number of carbonyl (C=O) groups is 2. The zero-order valence-electron chi connectivity index (χ0n) is 6.32. The van der Waals surface area contributed by atoms with Crippen molar-refractivity contribution in [3.63, 3.8) is 0 Å². The molecular formula is C7H5ClN2O3. The number of rotatable bonds is 2. The van der Waals surface area contributed by atoms with Crippen molar-refractivity contribution >= 4 is 23.5 Å². The zero-order valence-corrected chi connectivity index (χ0v) is 7.08. The van der Waals surface area contributed by atoms with Gasteiger partial charge in [0.15, 0.2) is 5.69 Å². The van der Waals surface area contributed by atoms with E-state index in [-0.39, 0.29) is 16.3 Å². The van der Waals surface area contributed by atoms with Crippen LogP contribution < -0.4 is 5.73 Å². The standard InChI is InChI=1S/C7H5ClN2O3/c8-4-1-3(6(9)11)2-10-5(4)7(12)13/h1-2H,(H2,9,11)(H,12,13). The van der Waals surface area contributed by atoms with Crippen LogP contribution in [0.4, 0.5) is 0 Å². The molecule has 0 saturated heterocycles. The lowest BCUT2D eigenvalue weighted by atomic mass is 10.2. The second-order valence-corrected chi connectivity index (χ2v) is 2.63. The van der Waals surface area contributed by atoms with E-state index in [2.05, 4.69) is 4.98 Å². The van der Waals surface area contributed by atoms with Crippen molar-refractivity contribution in [3.8, 4) is 0 Å². The van der Waals surface area contributed by atoms with Gasteiger partial charge in [0.25, 0.3) is 0 Å². The highest BCUT2D eigenvalue weighted by molar-refractivity contribution is 6.33. The van der Waals surface area contributed by atoms with Crippen LogP contribution in [0.5, 0.6) is 0 Å². The number of amides is 1. The smallest absolute Gasteiger partial charge is 0.356 e. The van der Waals surface area contributed by atoms with Crippen LogP contribution in [0, 0.1) is 0 Å². The lowest BCUT2D eigenvalue weighted by Crippen LogP contribution is -2.12. The highest BCUT2D eigenvalue weighted by atomic mass is 35.5. The molecule has 3 N–H and O–H groups in total. The molecule has 6 heteroatoms. The van der Waals surface area contributed by atoms with E-state index >= 15 is 0 Å². The molecule has 0 radical (unpaired) electrons. The van der Waals surface area contributed by atoms with Crippen molar-refractivity contribution in [2.45, 2.75) is 0 Å². The first-order valence-electron chi connectivity index (χ1n) is 3.21. The molecule has 0 fully saturated rings. The Morgan fingerprint density at radius 2 is 2.15 bits per heavy atom. The highest BCUT2D eigenvalue weighted by Crippen LogP contribution is 2.14. The molecule has 0 aliphatic rings. The summed E-state index contributed by atoms with van der Waals surface area (Å²) < 4.78 is 0. The van der Waals surface area contributed by atoms with Crippen molar-refractivity contribution in [2.24, 2.45) is 5.73 Å². The number of hydrogen-bond donors (Lipinski definition) is 2. The molecule has 0 spiro atoms. The number of carbonyl (C=O) groups excluding carboxylic acids is 1. The first kappa shape index (κ1) is 9.47. The monoisotopic (exact) mass is 200 g/mol. The van der Waals surface area contributed by atoms with Crippen molar-refractivity contribution in [2.75, 3.05) is 0 Å². The van der Waals surface area contributed by atoms with Gasteiger partial charge < -0.3 is 10.8 Å². The maximum absolute atomic E-state index is 10.6. The molecular weight excluding hydrogens is 196 g/mol. The summed E-state index contributed by atoms with van der Waals surface area (Å²) >= 11 is 5.52. The number of pyridine rings is 1. The molecule has 0 aliphatic carbocycles. The van der Waals surface area contributed by atoms with E-state index in [1.807, 2.05) is 0 Å². The summed E-state index contributed by atoms with van der Waals surface area (Å²) in [5.74, 6) is -1.95. The second-order valence-electron chi connectivity index (χ2n) is 2.22. The fourth-order valence-corrected chi connectivity index (χ4v) is 0.977. The van der Waals surface area contributed by atoms with Crippen LogP contribution in [0.3, 0.4) is 0 Å². The molecule has 1 rings (SSSR count). The number of aromatic nitrogens is 1. The van der Waals surface area contributed by atoms with Crippen molar-refractivity contribution < 1.29 is 14.7 Å². The number of carboxylic acid groups (broad SMARTS) is 1. The number of nitrogens with zero attached hydrogens (tertiary/aromatic N) is 1. The Labute approximate surface area is 78.1 Å². The Hall–Kier alpha value is -1.62. The van der Waals surface area contributed by atoms with Gasteiger partial charge in [-0.1, -0.05) is 11.6 Å². The van der Waals surface area contributed by atoms with Gasteiger partial charge in [-0.3, -0.25) is 4.79 Å². The van der Waals surface area contributed by atoms with Gasteiger partial charge in [-0.2, -0.15) is 0 Å². The summed E-state index contributed by atoms with van der Waals surface area (Å²) in [6.07, 6.45) is 1.07. The molecule has 0 aliphatic heterocycles. The minimum absolute atomic E-state index is 0.0787. The Balaban J connectivity index is 3.20. The van der Waals surface area contributed by atoms with Crippen molar-refractivity contribution in [3.05, 3.63) is 28.5 Å². The predicted molar refractivity (Wildman–Crippen MR) is 44.7 cm³/mol. The number of primary amides is 1. The Kier molecular flexibility index (Phi) is 2.48. The van der Waals surface area contributed by atoms with Gasteiger partial charge in [-0.25, -0.2) is 9.78 Å². The molecule has 1 heterocycles. The third kappa shape index (κ3) is 1.94. The molecule has 5 nitrogen and oxygen atoms in total. The maximum atomic E-state index is 10.6. The topological polar surface area (TPSA) is 93.3 Å². The van der Waals surface area contributed by atoms with Gasteiger partial charge in [0, 0.05) is 6.20 Å². The Morgan fingerprint density at radius 1 is 1.54 bits per heavy atom. The number of carboxylic acids is 1. The van der Waals surface area contributed by atoms with E-state index in [0.717, 1.165) is 6.20 Å². The van der Waals surface area contributed by atoms with Crippen LogP contribution in [-0.2, 0) is 0 Å². The largest absolute Gasteiger partial charge is 0.476 e. The van der Waals surface area contributed by atoms with Crippen LogP contribution in [0.2, 0.25) is 5.02 Å². The molecule has 0 atom stereocenters. The number of halogens is 1. The van der Waals surface area contributed by atoms with Crippen molar-refractivity contribution in [1.29, 1.82) is 0 Å². The molecule has 1 aromatic heterocycles. The summed E-state index contributed by atoms with van der Waals surface area (Å²) in [5, 5.41) is 8.42. The number of nitrogens with two attached hydrogens (primary N) is 1. The Bertz CT molecular complexity index is 378. The fourth-order valence-electron chi connectivity index (χ4n) is 0.730. The molecule has 13 heavy (non-hydrogen) atoms. The Morgan fingerprint density at radius 3 is 2.54 bits per heavy atom. The van der Waals surface area contributed by atoms with E-state index in [1.54, 1.807) is 0 Å². The average Bonchev–Trinajstić information content (AvgIpc) is 2.03. The second kappa shape index (κ2) is 3.40. The lowest BCUT2D eigenvalue weighted by molar-refractivity contribution is 0.0690. The van der Waals surface area contributed by atoms with Gasteiger partial charge in [0.05, 0.1) is 10.6 Å². The summed E-state index contributed by atoms with van der Waals surface area (Å²) in [6, 6.07) is 1.17. The molecule has 1 amide bonds. The normalized spacial score (nSPS) is 9.62. The van der Waals surface area contributed by atoms with Gasteiger partial charge in [0.1, 0.15) is 0 Å². The minimum Gasteiger partial charge on any atom is -0.476 e. The molecule has 0 bridgehead atoms. The zero-order chi connectivity index (χ0) is 10.0. The van der Waals surface area contributed by atoms with E-state index in [0.29, 0.717) is 0 Å². The SMILES string of the molecule is NC(=O)c1cnc(C(=O)O)c(Cl)c1. The predicted octanol–water partition coefficient (Wildman–Crippen LogP) is 0.532. The number of aromatic carboxylic acids is 1. The van der Waals surface area contributed by atoms with Crippen LogP contribution >= 0.6 is 11.6 Å². The van der Waals surface area contributed by atoms with E-state index < -0.39 is 11.9 Å². The van der Waals surface area contributed by atoms with Crippen LogP contribution in [0.15, 0.2) is 12.3 Å². The third-order valence-corrected chi connectivity index (χ3v) is 1.62. The minimum atomic E-state index is -1.25. The van der Waals surface area contributed by atoms with Crippen molar-refractivity contribution in [1.82, 2.24) is 4.98 Å². The van der Waals surface area contributed by atoms with E-state index in [4.69, 9.17) is 22.4 Å². The summed E-state index contributed by atoms with van der Waals surface area (Å²) in [6.45, 7) is 0. The van der Waals surface area contributed by atoms with Gasteiger partial charge >= 0.3 is 5.97 Å². The molecule has 1 aromatic rings. The summed E-state index contributed by atoms with van der Waals surface area (Å²) in [5.41, 5.74) is 4.70. The van der Waals surface area contributed by atoms with Crippen LogP contribution in [-0.4, -0.2) is 22.0 Å². The first-order valence-corrected chi connectivity index (χ1v) is 3.59. The summed E-state index contributed by atoms with van der Waals surface area (Å²) in [4.78, 5) is 24.5. The quantitative estimate of drug-likeness (QED) is 0.728. The fraction of sp³-hybridized carbons (Fsp3) is 0. The van der Waals surface area contributed by atoms with Gasteiger partial charge in [0.2, 0.25) is 5.91 Å². The molecule has 0 unspecified atom stereocenters. The average molecular weight is 201 g/mol. The first-order chi connectivity index (χ1) is 6.02. The lowest BCUT2D eigenvalue weighted by Gasteiger charge is -1.98. The third-order valence-electron chi connectivity index (χ3n) is 1.33.